The second-order valence-electron chi connectivity index (χ2n) is 7.42. The number of piperazine rings is 1. The fourth-order valence-corrected chi connectivity index (χ4v) is 3.00. The number of benzene rings is 1. The van der Waals surface area contributed by atoms with E-state index in [1.54, 1.807) is 0 Å². The lowest BCUT2D eigenvalue weighted by Gasteiger charge is -2.34. The van der Waals surface area contributed by atoms with Gasteiger partial charge in [-0.1, -0.05) is 13.8 Å². The predicted octanol–water partition coefficient (Wildman–Crippen LogP) is 3.35. The number of hydrogen-bond acceptors (Lipinski definition) is 6. The van der Waals surface area contributed by atoms with Gasteiger partial charge in [-0.3, -0.25) is 0 Å². The summed E-state index contributed by atoms with van der Waals surface area (Å²) in [4.78, 5) is 13.8. The Morgan fingerprint density at radius 2 is 1.65 bits per heavy atom. The van der Waals surface area contributed by atoms with E-state index in [1.165, 1.54) is 5.69 Å². The smallest absolute Gasteiger partial charge is 0.136 e. The molecule has 1 aliphatic rings. The minimum absolute atomic E-state index is 0.573. The standard InChI is InChI=1S/C20H30N6/c1-15(2)14-21-19-13-20(23-16(3)22-19)24-17-5-7-18(8-6-17)26-11-9-25(4)10-12-26/h5-8,13,15H,9-12,14H2,1-4H3,(H2,21,22,23,24). The molecule has 6 heteroatoms. The average Bonchev–Trinajstić information content (AvgIpc) is 2.61. The van der Waals surface area contributed by atoms with Crippen LogP contribution in [-0.2, 0) is 0 Å². The molecule has 2 aromatic rings. The van der Waals surface area contributed by atoms with Crippen LogP contribution in [0, 0.1) is 12.8 Å². The Morgan fingerprint density at radius 3 is 2.31 bits per heavy atom. The van der Waals surface area contributed by atoms with E-state index in [0.29, 0.717) is 5.92 Å². The molecule has 2 N–H and O–H groups in total. The lowest BCUT2D eigenvalue weighted by molar-refractivity contribution is 0.313. The topological polar surface area (TPSA) is 56.3 Å². The van der Waals surface area contributed by atoms with E-state index in [2.05, 4.69) is 75.6 Å². The van der Waals surface area contributed by atoms with Crippen LogP contribution in [0.4, 0.5) is 23.0 Å². The summed E-state index contributed by atoms with van der Waals surface area (Å²) in [6.07, 6.45) is 0. The normalized spacial score (nSPS) is 15.3. The van der Waals surface area contributed by atoms with Crippen molar-refractivity contribution < 1.29 is 0 Å². The van der Waals surface area contributed by atoms with Gasteiger partial charge >= 0.3 is 0 Å². The molecular weight excluding hydrogens is 324 g/mol. The first-order valence-electron chi connectivity index (χ1n) is 9.40. The van der Waals surface area contributed by atoms with Crippen molar-refractivity contribution in [3.8, 4) is 0 Å². The molecule has 1 fully saturated rings. The molecule has 0 saturated carbocycles. The van der Waals surface area contributed by atoms with E-state index in [4.69, 9.17) is 0 Å². The van der Waals surface area contributed by atoms with Crippen molar-refractivity contribution in [2.24, 2.45) is 5.92 Å². The first-order valence-corrected chi connectivity index (χ1v) is 9.40. The van der Waals surface area contributed by atoms with Gasteiger partial charge in [0, 0.05) is 50.2 Å². The van der Waals surface area contributed by atoms with Gasteiger partial charge in [-0.15, -0.1) is 0 Å². The molecular formula is C20H30N6. The maximum absolute atomic E-state index is 4.50. The average molecular weight is 355 g/mol. The van der Waals surface area contributed by atoms with E-state index in [-0.39, 0.29) is 0 Å². The second-order valence-corrected chi connectivity index (χ2v) is 7.42. The lowest BCUT2D eigenvalue weighted by atomic mass is 10.2. The minimum Gasteiger partial charge on any atom is -0.370 e. The number of likely N-dealkylation sites (N-methyl/N-ethyl adjacent to an activating group) is 1. The highest BCUT2D eigenvalue weighted by atomic mass is 15.2. The lowest BCUT2D eigenvalue weighted by Crippen LogP contribution is -2.44. The maximum Gasteiger partial charge on any atom is 0.136 e. The molecule has 26 heavy (non-hydrogen) atoms. The number of aromatic nitrogens is 2. The van der Waals surface area contributed by atoms with Crippen molar-refractivity contribution in [1.82, 2.24) is 14.9 Å². The Bertz CT molecular complexity index is 705. The second kappa shape index (κ2) is 8.36. The number of anilines is 4. The number of aryl methyl sites for hydroxylation is 1. The van der Waals surface area contributed by atoms with Crippen molar-refractivity contribution in [3.63, 3.8) is 0 Å². The van der Waals surface area contributed by atoms with Gasteiger partial charge in [0.25, 0.3) is 0 Å². The Morgan fingerprint density at radius 1 is 1.00 bits per heavy atom. The summed E-state index contributed by atoms with van der Waals surface area (Å²) >= 11 is 0. The molecule has 1 aromatic carbocycles. The first kappa shape index (κ1) is 18.5. The van der Waals surface area contributed by atoms with Crippen LogP contribution in [0.3, 0.4) is 0 Å². The maximum atomic E-state index is 4.50. The van der Waals surface area contributed by atoms with Gasteiger partial charge in [-0.25, -0.2) is 9.97 Å². The highest BCUT2D eigenvalue weighted by Crippen LogP contribution is 2.22. The molecule has 3 rings (SSSR count). The van der Waals surface area contributed by atoms with Crippen LogP contribution in [0.5, 0.6) is 0 Å². The van der Waals surface area contributed by atoms with E-state index < -0.39 is 0 Å². The Balaban J connectivity index is 1.65. The monoisotopic (exact) mass is 354 g/mol. The predicted molar refractivity (Wildman–Crippen MR) is 110 cm³/mol. The van der Waals surface area contributed by atoms with E-state index in [0.717, 1.165) is 55.9 Å². The van der Waals surface area contributed by atoms with Crippen molar-refractivity contribution in [3.05, 3.63) is 36.2 Å². The Hall–Kier alpha value is -2.34. The SMILES string of the molecule is Cc1nc(NCC(C)C)cc(Nc2ccc(N3CCN(C)CC3)cc2)n1. The molecule has 0 radical (unpaired) electrons. The highest BCUT2D eigenvalue weighted by molar-refractivity contribution is 5.62. The van der Waals surface area contributed by atoms with Gasteiger partial charge in [0.15, 0.2) is 0 Å². The summed E-state index contributed by atoms with van der Waals surface area (Å²) in [5.74, 6) is 3.01. The summed E-state index contributed by atoms with van der Waals surface area (Å²) in [6, 6.07) is 10.6. The zero-order valence-electron chi connectivity index (χ0n) is 16.3. The van der Waals surface area contributed by atoms with Crippen LogP contribution in [0.2, 0.25) is 0 Å². The van der Waals surface area contributed by atoms with Crippen LogP contribution >= 0.6 is 0 Å². The summed E-state index contributed by atoms with van der Waals surface area (Å²) in [5, 5.41) is 6.76. The third-order valence-corrected chi connectivity index (χ3v) is 4.54. The molecule has 1 aliphatic heterocycles. The summed E-state index contributed by atoms with van der Waals surface area (Å²) in [6.45, 7) is 11.6. The largest absolute Gasteiger partial charge is 0.370 e. The van der Waals surface area contributed by atoms with Crippen molar-refractivity contribution in [2.75, 3.05) is 55.3 Å². The van der Waals surface area contributed by atoms with E-state index in [1.807, 2.05) is 13.0 Å². The van der Waals surface area contributed by atoms with Crippen LogP contribution in [0.1, 0.15) is 19.7 Å². The van der Waals surface area contributed by atoms with Gasteiger partial charge in [0.05, 0.1) is 0 Å². The molecule has 6 nitrogen and oxygen atoms in total. The summed E-state index contributed by atoms with van der Waals surface area (Å²) < 4.78 is 0. The molecule has 2 heterocycles. The zero-order chi connectivity index (χ0) is 18.5. The highest BCUT2D eigenvalue weighted by Gasteiger charge is 2.14. The Labute approximate surface area is 156 Å². The fourth-order valence-electron chi connectivity index (χ4n) is 3.00. The van der Waals surface area contributed by atoms with Gasteiger partial charge < -0.3 is 20.4 Å². The molecule has 0 spiro atoms. The van der Waals surface area contributed by atoms with Crippen LogP contribution in [0.25, 0.3) is 0 Å². The number of hydrogen-bond donors (Lipinski definition) is 2. The van der Waals surface area contributed by atoms with Crippen LogP contribution < -0.4 is 15.5 Å². The zero-order valence-corrected chi connectivity index (χ0v) is 16.3. The third kappa shape index (κ3) is 5.08. The van der Waals surface area contributed by atoms with Crippen molar-refractivity contribution >= 4 is 23.0 Å². The molecule has 0 bridgehead atoms. The van der Waals surface area contributed by atoms with Crippen molar-refractivity contribution in [2.45, 2.75) is 20.8 Å². The molecule has 140 valence electrons. The fraction of sp³-hybridized carbons (Fsp3) is 0.500. The van der Waals surface area contributed by atoms with Gasteiger partial charge in [-0.2, -0.15) is 0 Å². The van der Waals surface area contributed by atoms with Crippen LogP contribution in [-0.4, -0.2) is 54.6 Å². The van der Waals surface area contributed by atoms with Crippen LogP contribution in [0.15, 0.2) is 30.3 Å². The first-order chi connectivity index (χ1) is 12.5. The summed E-state index contributed by atoms with van der Waals surface area (Å²) in [5.41, 5.74) is 2.32. The van der Waals surface area contributed by atoms with Gasteiger partial charge in [0.2, 0.25) is 0 Å². The Kier molecular flexibility index (Phi) is 5.93. The molecule has 0 aliphatic carbocycles. The molecule has 1 aromatic heterocycles. The third-order valence-electron chi connectivity index (χ3n) is 4.54. The van der Waals surface area contributed by atoms with Crippen molar-refractivity contribution in [1.29, 1.82) is 0 Å². The quantitative estimate of drug-likeness (QED) is 0.830. The number of rotatable bonds is 6. The van der Waals surface area contributed by atoms with Gasteiger partial charge in [-0.05, 0) is 44.2 Å². The molecule has 0 unspecified atom stereocenters. The molecule has 0 amide bonds. The molecule has 1 saturated heterocycles. The number of nitrogens with zero attached hydrogens (tertiary/aromatic N) is 4. The van der Waals surface area contributed by atoms with Gasteiger partial charge in [0.1, 0.15) is 17.5 Å². The number of nitrogens with one attached hydrogen (secondary N) is 2. The van der Waals surface area contributed by atoms with E-state index in [9.17, 15) is 0 Å². The van der Waals surface area contributed by atoms with E-state index >= 15 is 0 Å². The minimum atomic E-state index is 0.573. The molecule has 0 atom stereocenters. The summed E-state index contributed by atoms with van der Waals surface area (Å²) in [7, 11) is 2.18.